The summed E-state index contributed by atoms with van der Waals surface area (Å²) in [5.74, 6) is 1.02. The maximum Gasteiger partial charge on any atom is 0.0223 e. The van der Waals surface area contributed by atoms with Crippen molar-refractivity contribution in [3.63, 3.8) is 0 Å². The summed E-state index contributed by atoms with van der Waals surface area (Å²) in [6, 6.07) is 1.71. The van der Waals surface area contributed by atoms with Crippen molar-refractivity contribution in [3.8, 4) is 0 Å². The second-order valence-electron chi connectivity index (χ2n) is 6.24. The number of nitrogens with zero attached hydrogens (tertiary/aromatic N) is 1. The topological polar surface area (TPSA) is 15.3 Å². The first-order chi connectivity index (χ1) is 8.86. The average molecular weight is 252 g/mol. The Morgan fingerprint density at radius 1 is 1.11 bits per heavy atom. The molecule has 2 heteroatoms. The third-order valence-electron chi connectivity index (χ3n) is 5.01. The van der Waals surface area contributed by atoms with Gasteiger partial charge in [-0.05, 0) is 51.1 Å². The van der Waals surface area contributed by atoms with Gasteiger partial charge in [0, 0.05) is 18.6 Å². The SMILES string of the molecule is CCCC(CNCC)N1CCC[C@H]2CCCC[C@H]21. The predicted octanol–water partition coefficient (Wildman–Crippen LogP) is 3.42. The van der Waals surface area contributed by atoms with E-state index in [0.717, 1.165) is 24.5 Å². The van der Waals surface area contributed by atoms with Crippen LogP contribution in [0, 0.1) is 5.92 Å². The lowest BCUT2D eigenvalue weighted by Crippen LogP contribution is -2.54. The Hall–Kier alpha value is -0.0800. The Bertz CT molecular complexity index is 227. The molecule has 18 heavy (non-hydrogen) atoms. The van der Waals surface area contributed by atoms with Gasteiger partial charge in [-0.15, -0.1) is 0 Å². The molecule has 2 nitrogen and oxygen atoms in total. The minimum absolute atomic E-state index is 0.792. The van der Waals surface area contributed by atoms with Crippen LogP contribution in [0.5, 0.6) is 0 Å². The molecule has 2 fully saturated rings. The van der Waals surface area contributed by atoms with Crippen molar-refractivity contribution in [3.05, 3.63) is 0 Å². The maximum absolute atomic E-state index is 3.58. The molecule has 0 aromatic heterocycles. The van der Waals surface area contributed by atoms with Crippen LogP contribution in [0.3, 0.4) is 0 Å². The number of likely N-dealkylation sites (tertiary alicyclic amines) is 1. The van der Waals surface area contributed by atoms with E-state index < -0.39 is 0 Å². The van der Waals surface area contributed by atoms with Crippen molar-refractivity contribution in [1.82, 2.24) is 10.2 Å². The summed E-state index contributed by atoms with van der Waals surface area (Å²) in [5.41, 5.74) is 0. The van der Waals surface area contributed by atoms with Crippen molar-refractivity contribution < 1.29 is 0 Å². The zero-order chi connectivity index (χ0) is 12.8. The van der Waals surface area contributed by atoms with Crippen molar-refractivity contribution >= 4 is 0 Å². The Labute approximate surface area is 114 Å². The van der Waals surface area contributed by atoms with Crippen LogP contribution in [-0.2, 0) is 0 Å². The van der Waals surface area contributed by atoms with Crippen LogP contribution in [0.1, 0.15) is 65.2 Å². The zero-order valence-electron chi connectivity index (χ0n) is 12.5. The van der Waals surface area contributed by atoms with Crippen molar-refractivity contribution in [2.45, 2.75) is 77.3 Å². The van der Waals surface area contributed by atoms with E-state index >= 15 is 0 Å². The predicted molar refractivity (Wildman–Crippen MR) is 78.9 cm³/mol. The highest BCUT2D eigenvalue weighted by atomic mass is 15.2. The van der Waals surface area contributed by atoms with E-state index in [1.165, 1.54) is 64.5 Å². The Balaban J connectivity index is 1.97. The molecule has 1 heterocycles. The van der Waals surface area contributed by atoms with Gasteiger partial charge in [-0.2, -0.15) is 0 Å². The van der Waals surface area contributed by atoms with Gasteiger partial charge in [0.1, 0.15) is 0 Å². The van der Waals surface area contributed by atoms with Crippen molar-refractivity contribution in [2.24, 2.45) is 5.92 Å². The summed E-state index contributed by atoms with van der Waals surface area (Å²) in [5, 5.41) is 3.58. The highest BCUT2D eigenvalue weighted by Gasteiger charge is 2.35. The minimum Gasteiger partial charge on any atom is -0.315 e. The number of piperidine rings is 1. The summed E-state index contributed by atoms with van der Waals surface area (Å²) in [6.45, 7) is 8.23. The highest BCUT2D eigenvalue weighted by Crippen LogP contribution is 2.36. The molecular weight excluding hydrogens is 220 g/mol. The molecule has 0 radical (unpaired) electrons. The fraction of sp³-hybridized carbons (Fsp3) is 1.00. The third-order valence-corrected chi connectivity index (χ3v) is 5.01. The number of hydrogen-bond donors (Lipinski definition) is 1. The van der Waals surface area contributed by atoms with Crippen LogP contribution in [0.4, 0.5) is 0 Å². The minimum atomic E-state index is 0.792. The molecule has 1 unspecified atom stereocenters. The molecule has 1 aliphatic heterocycles. The molecule has 0 aromatic carbocycles. The number of fused-ring (bicyclic) bond motifs is 1. The lowest BCUT2D eigenvalue weighted by Gasteiger charge is -2.48. The van der Waals surface area contributed by atoms with Gasteiger partial charge in [0.05, 0.1) is 0 Å². The first kappa shape index (κ1) is 14.3. The summed E-state index contributed by atoms with van der Waals surface area (Å²) >= 11 is 0. The first-order valence-electron chi connectivity index (χ1n) is 8.33. The van der Waals surface area contributed by atoms with Gasteiger partial charge >= 0.3 is 0 Å². The fourth-order valence-electron chi connectivity index (χ4n) is 4.15. The largest absolute Gasteiger partial charge is 0.315 e. The van der Waals surface area contributed by atoms with Gasteiger partial charge < -0.3 is 5.32 Å². The van der Waals surface area contributed by atoms with Crippen LogP contribution < -0.4 is 5.32 Å². The summed E-state index contributed by atoms with van der Waals surface area (Å²) < 4.78 is 0. The van der Waals surface area contributed by atoms with Gasteiger partial charge in [-0.3, -0.25) is 4.90 Å². The molecule has 106 valence electrons. The first-order valence-corrected chi connectivity index (χ1v) is 8.33. The number of rotatable bonds is 6. The quantitative estimate of drug-likeness (QED) is 0.779. The fourth-order valence-corrected chi connectivity index (χ4v) is 4.15. The highest BCUT2D eigenvalue weighted by molar-refractivity contribution is 4.91. The molecular formula is C16H32N2. The van der Waals surface area contributed by atoms with Gasteiger partial charge in [-0.25, -0.2) is 0 Å². The lowest BCUT2D eigenvalue weighted by atomic mass is 9.77. The Morgan fingerprint density at radius 3 is 2.67 bits per heavy atom. The molecule has 0 aromatic rings. The summed E-state index contributed by atoms with van der Waals surface area (Å²) in [7, 11) is 0. The van der Waals surface area contributed by atoms with E-state index in [1.807, 2.05) is 0 Å². The Morgan fingerprint density at radius 2 is 1.89 bits per heavy atom. The van der Waals surface area contributed by atoms with Crippen LogP contribution in [0.25, 0.3) is 0 Å². The van der Waals surface area contributed by atoms with Crippen LogP contribution in [-0.4, -0.2) is 36.6 Å². The van der Waals surface area contributed by atoms with E-state index in [2.05, 4.69) is 24.1 Å². The average Bonchev–Trinajstić information content (AvgIpc) is 2.43. The molecule has 1 N–H and O–H groups in total. The normalized spacial score (nSPS) is 31.0. The molecule has 1 saturated carbocycles. The molecule has 0 spiro atoms. The lowest BCUT2D eigenvalue weighted by molar-refractivity contribution is 0.0227. The van der Waals surface area contributed by atoms with Gasteiger partial charge in [-0.1, -0.05) is 33.1 Å². The van der Waals surface area contributed by atoms with Gasteiger partial charge in [0.15, 0.2) is 0 Å². The van der Waals surface area contributed by atoms with Gasteiger partial charge in [0.25, 0.3) is 0 Å². The van der Waals surface area contributed by atoms with Crippen LogP contribution >= 0.6 is 0 Å². The van der Waals surface area contributed by atoms with E-state index in [-0.39, 0.29) is 0 Å². The zero-order valence-corrected chi connectivity index (χ0v) is 12.5. The van der Waals surface area contributed by atoms with Crippen molar-refractivity contribution in [1.29, 1.82) is 0 Å². The van der Waals surface area contributed by atoms with E-state index in [0.29, 0.717) is 0 Å². The molecule has 1 aliphatic carbocycles. The molecule has 0 bridgehead atoms. The molecule has 0 amide bonds. The number of nitrogens with one attached hydrogen (secondary N) is 1. The summed E-state index contributed by atoms with van der Waals surface area (Å²) in [4.78, 5) is 2.89. The van der Waals surface area contributed by atoms with E-state index in [1.54, 1.807) is 0 Å². The second kappa shape index (κ2) is 7.49. The van der Waals surface area contributed by atoms with E-state index in [4.69, 9.17) is 0 Å². The molecule has 3 atom stereocenters. The second-order valence-corrected chi connectivity index (χ2v) is 6.24. The van der Waals surface area contributed by atoms with Gasteiger partial charge in [0.2, 0.25) is 0 Å². The number of likely N-dealkylation sites (N-methyl/N-ethyl adjacent to an activating group) is 1. The standard InChI is InChI=1S/C16H32N2/c1-3-8-15(13-17-4-2)18-12-7-10-14-9-5-6-11-16(14)18/h14-17H,3-13H2,1-2H3/t14-,15?,16-/m1/s1. The molecule has 2 rings (SSSR count). The van der Waals surface area contributed by atoms with Crippen LogP contribution in [0.2, 0.25) is 0 Å². The van der Waals surface area contributed by atoms with E-state index in [9.17, 15) is 0 Å². The smallest absolute Gasteiger partial charge is 0.0223 e. The summed E-state index contributed by atoms with van der Waals surface area (Å²) in [6.07, 6.45) is 11.6. The molecule has 1 saturated heterocycles. The maximum atomic E-state index is 3.58. The third kappa shape index (κ3) is 3.48. The van der Waals surface area contributed by atoms with Crippen molar-refractivity contribution in [2.75, 3.05) is 19.6 Å². The number of hydrogen-bond acceptors (Lipinski definition) is 2. The molecule has 2 aliphatic rings. The van der Waals surface area contributed by atoms with Crippen LogP contribution in [0.15, 0.2) is 0 Å². The Kier molecular flexibility index (Phi) is 5.97. The monoisotopic (exact) mass is 252 g/mol.